The van der Waals surface area contributed by atoms with Gasteiger partial charge in [0.25, 0.3) is 0 Å². The Balaban J connectivity index is 3.12. The van der Waals surface area contributed by atoms with E-state index in [2.05, 4.69) is 4.72 Å². The summed E-state index contributed by atoms with van der Waals surface area (Å²) < 4.78 is 39.3. The molecule has 0 unspecified atom stereocenters. The first-order valence-electron chi connectivity index (χ1n) is 4.89. The zero-order chi connectivity index (χ0) is 13.2. The second-order valence-electron chi connectivity index (χ2n) is 3.92. The minimum atomic E-state index is -3.81. The molecule has 0 aromatic heterocycles. The van der Waals surface area contributed by atoms with Crippen molar-refractivity contribution in [2.45, 2.75) is 18.7 Å². The summed E-state index contributed by atoms with van der Waals surface area (Å²) in [6, 6.07) is 2.34. The molecule has 0 radical (unpaired) electrons. The minimum absolute atomic E-state index is 0.140. The zero-order valence-corrected chi connectivity index (χ0v) is 11.6. The lowest BCUT2D eigenvalue weighted by atomic mass is 10.2. The van der Waals surface area contributed by atoms with Crippen LogP contribution in [-0.2, 0) is 10.0 Å². The highest BCUT2D eigenvalue weighted by molar-refractivity contribution is 7.89. The maximum atomic E-state index is 13.4. The van der Waals surface area contributed by atoms with E-state index in [1.54, 1.807) is 0 Å². The van der Waals surface area contributed by atoms with Gasteiger partial charge in [0.05, 0.1) is 10.0 Å². The Morgan fingerprint density at radius 2 is 1.94 bits per heavy atom. The van der Waals surface area contributed by atoms with E-state index in [1.807, 2.05) is 13.8 Å². The van der Waals surface area contributed by atoms with Crippen LogP contribution in [0.3, 0.4) is 0 Å². The van der Waals surface area contributed by atoms with Crippen molar-refractivity contribution < 1.29 is 12.8 Å². The van der Waals surface area contributed by atoms with Crippen molar-refractivity contribution in [2.24, 2.45) is 5.92 Å². The minimum Gasteiger partial charge on any atom is -0.211 e. The number of sulfonamides is 1. The molecule has 0 aliphatic heterocycles. The summed E-state index contributed by atoms with van der Waals surface area (Å²) in [4.78, 5) is -0.304. The fraction of sp³-hybridized carbons (Fsp3) is 0.400. The van der Waals surface area contributed by atoms with Crippen molar-refractivity contribution in [1.29, 1.82) is 0 Å². The van der Waals surface area contributed by atoms with Gasteiger partial charge in [0, 0.05) is 6.54 Å². The van der Waals surface area contributed by atoms with Gasteiger partial charge in [-0.05, 0) is 18.1 Å². The second kappa shape index (κ2) is 5.52. The first kappa shape index (κ1) is 14.7. The Labute approximate surface area is 110 Å². The summed E-state index contributed by atoms with van der Waals surface area (Å²) in [5.74, 6) is -0.790. The van der Waals surface area contributed by atoms with Crippen LogP contribution in [0.25, 0.3) is 0 Å². The highest BCUT2D eigenvalue weighted by Gasteiger charge is 2.21. The van der Waals surface area contributed by atoms with Crippen LogP contribution < -0.4 is 4.72 Å². The molecule has 0 aliphatic carbocycles. The Morgan fingerprint density at radius 3 is 2.47 bits per heavy atom. The van der Waals surface area contributed by atoms with E-state index in [0.29, 0.717) is 0 Å². The molecule has 1 rings (SSSR count). The molecule has 17 heavy (non-hydrogen) atoms. The molecule has 1 aromatic carbocycles. The largest absolute Gasteiger partial charge is 0.242 e. The first-order valence-corrected chi connectivity index (χ1v) is 7.12. The van der Waals surface area contributed by atoms with Crippen molar-refractivity contribution in [3.63, 3.8) is 0 Å². The Kier molecular flexibility index (Phi) is 4.77. The molecule has 3 nitrogen and oxygen atoms in total. The molecule has 0 fully saturated rings. The molecule has 1 aromatic rings. The second-order valence-corrected chi connectivity index (χ2v) is 6.44. The molecule has 1 N–H and O–H groups in total. The van der Waals surface area contributed by atoms with E-state index >= 15 is 0 Å². The third-order valence-corrected chi connectivity index (χ3v) is 4.21. The molecule has 96 valence electrons. The van der Waals surface area contributed by atoms with E-state index in [9.17, 15) is 12.8 Å². The summed E-state index contributed by atoms with van der Waals surface area (Å²) >= 11 is 11.1. The van der Waals surface area contributed by atoms with Crippen molar-refractivity contribution in [1.82, 2.24) is 4.72 Å². The van der Waals surface area contributed by atoms with Crippen LogP contribution >= 0.6 is 23.2 Å². The summed E-state index contributed by atoms with van der Waals surface area (Å²) in [5, 5.41) is -0.702. The normalized spacial score (nSPS) is 12.1. The van der Waals surface area contributed by atoms with Gasteiger partial charge in [-0.2, -0.15) is 0 Å². The standard InChI is InChI=1S/C10H12Cl2FNO2S/c1-6(2)5-14-17(15,16)8-4-3-7(11)10(13)9(8)12/h3-4,6,14H,5H2,1-2H3. The Bertz CT molecular complexity index is 517. The highest BCUT2D eigenvalue weighted by atomic mass is 35.5. The smallest absolute Gasteiger partial charge is 0.211 e. The summed E-state index contributed by atoms with van der Waals surface area (Å²) in [7, 11) is -3.81. The molecule has 7 heteroatoms. The topological polar surface area (TPSA) is 46.2 Å². The van der Waals surface area contributed by atoms with Crippen LogP contribution in [0.15, 0.2) is 17.0 Å². The monoisotopic (exact) mass is 299 g/mol. The fourth-order valence-corrected chi connectivity index (χ4v) is 3.03. The van der Waals surface area contributed by atoms with Gasteiger partial charge in [0.1, 0.15) is 4.90 Å². The fourth-order valence-electron chi connectivity index (χ4n) is 1.07. The number of hydrogen-bond donors (Lipinski definition) is 1. The quantitative estimate of drug-likeness (QED) is 0.869. The number of halogens is 3. The van der Waals surface area contributed by atoms with E-state index in [4.69, 9.17) is 23.2 Å². The van der Waals surface area contributed by atoms with E-state index in [0.717, 1.165) is 6.07 Å². The number of benzene rings is 1. The van der Waals surface area contributed by atoms with Crippen LogP contribution in [0.4, 0.5) is 4.39 Å². The van der Waals surface area contributed by atoms with Crippen molar-refractivity contribution >= 4 is 33.2 Å². The number of rotatable bonds is 4. The third kappa shape index (κ3) is 3.55. The van der Waals surface area contributed by atoms with E-state index < -0.39 is 20.9 Å². The summed E-state index contributed by atoms with van der Waals surface area (Å²) in [6.07, 6.45) is 0. The van der Waals surface area contributed by atoms with Gasteiger partial charge in [-0.3, -0.25) is 0 Å². The molecule has 0 amide bonds. The first-order chi connectivity index (χ1) is 7.75. The van der Waals surface area contributed by atoms with Crippen molar-refractivity contribution in [3.05, 3.63) is 28.0 Å². The lowest BCUT2D eigenvalue weighted by molar-refractivity contribution is 0.558. The van der Waals surface area contributed by atoms with Gasteiger partial charge in [-0.1, -0.05) is 37.0 Å². The summed E-state index contributed by atoms with van der Waals surface area (Å²) in [6.45, 7) is 3.96. The molecule has 0 atom stereocenters. The van der Waals surface area contributed by atoms with E-state index in [1.165, 1.54) is 6.07 Å². The van der Waals surface area contributed by atoms with Crippen LogP contribution in [0, 0.1) is 11.7 Å². The van der Waals surface area contributed by atoms with Crippen molar-refractivity contribution in [3.8, 4) is 0 Å². The zero-order valence-electron chi connectivity index (χ0n) is 9.30. The number of hydrogen-bond acceptors (Lipinski definition) is 2. The average molecular weight is 300 g/mol. The maximum Gasteiger partial charge on any atom is 0.242 e. The molecular weight excluding hydrogens is 288 g/mol. The SMILES string of the molecule is CC(C)CNS(=O)(=O)c1ccc(Cl)c(F)c1Cl. The molecule has 0 saturated carbocycles. The molecule has 0 spiro atoms. The van der Waals surface area contributed by atoms with Crippen LogP contribution in [0.5, 0.6) is 0 Å². The Hall–Kier alpha value is -0.360. The van der Waals surface area contributed by atoms with Crippen molar-refractivity contribution in [2.75, 3.05) is 6.54 Å². The van der Waals surface area contributed by atoms with Gasteiger partial charge in [0.15, 0.2) is 5.82 Å². The van der Waals surface area contributed by atoms with Crippen LogP contribution in [-0.4, -0.2) is 15.0 Å². The predicted molar refractivity (Wildman–Crippen MR) is 66.4 cm³/mol. The van der Waals surface area contributed by atoms with Gasteiger partial charge < -0.3 is 0 Å². The van der Waals surface area contributed by atoms with Gasteiger partial charge in [-0.15, -0.1) is 0 Å². The lowest BCUT2D eigenvalue weighted by Gasteiger charge is -2.10. The van der Waals surface area contributed by atoms with Gasteiger partial charge >= 0.3 is 0 Å². The molecular formula is C10H12Cl2FNO2S. The van der Waals surface area contributed by atoms with Crippen LogP contribution in [0.1, 0.15) is 13.8 Å². The Morgan fingerprint density at radius 1 is 1.35 bits per heavy atom. The van der Waals surface area contributed by atoms with Gasteiger partial charge in [0.2, 0.25) is 10.0 Å². The third-order valence-electron chi connectivity index (χ3n) is 1.97. The van der Waals surface area contributed by atoms with E-state index in [-0.39, 0.29) is 22.4 Å². The lowest BCUT2D eigenvalue weighted by Crippen LogP contribution is -2.27. The molecule has 0 saturated heterocycles. The maximum absolute atomic E-state index is 13.4. The summed E-state index contributed by atoms with van der Waals surface area (Å²) in [5.41, 5.74) is 0. The highest BCUT2D eigenvalue weighted by Crippen LogP contribution is 2.29. The molecule has 0 bridgehead atoms. The predicted octanol–water partition coefficient (Wildman–Crippen LogP) is 3.07. The van der Waals surface area contributed by atoms with Gasteiger partial charge in [-0.25, -0.2) is 17.5 Å². The molecule has 0 aliphatic rings. The van der Waals surface area contributed by atoms with Crippen LogP contribution in [0.2, 0.25) is 10.0 Å². The average Bonchev–Trinajstić information content (AvgIpc) is 2.23. The molecule has 0 heterocycles. The number of nitrogens with one attached hydrogen (secondary N) is 1.